The molecule has 0 aliphatic rings. The maximum atomic E-state index is 10.6. The number of carbonyl (C=O) groups excluding carboxylic acids is 1. The van der Waals surface area contributed by atoms with Gasteiger partial charge < -0.3 is 0 Å². The number of pyridine rings is 1. The Hall–Kier alpha value is -1.64. The lowest BCUT2D eigenvalue weighted by molar-refractivity contribution is 0.111. The molecule has 0 N–H and O–H groups in total. The molecule has 0 saturated carbocycles. The van der Waals surface area contributed by atoms with Crippen LogP contribution >= 0.6 is 0 Å². The first kappa shape index (κ1) is 7.03. The molecule has 0 bridgehead atoms. The number of aldehydes is 1. The minimum atomic E-state index is 0.593. The van der Waals surface area contributed by atoms with Gasteiger partial charge in [0.25, 0.3) is 0 Å². The lowest BCUT2D eigenvalue weighted by atomic mass is 10.2. The van der Waals surface area contributed by atoms with Gasteiger partial charge in [-0.05, 0) is 30.7 Å². The van der Waals surface area contributed by atoms with Crippen LogP contribution in [0.25, 0.3) is 5.52 Å². The van der Waals surface area contributed by atoms with Crippen molar-refractivity contribution in [3.8, 4) is 0 Å². The van der Waals surface area contributed by atoms with Gasteiger partial charge in [0, 0.05) is 0 Å². The highest BCUT2D eigenvalue weighted by Crippen LogP contribution is 2.08. The fourth-order valence-electron chi connectivity index (χ4n) is 1.29. The molecule has 2 aromatic rings. The van der Waals surface area contributed by atoms with E-state index in [1.54, 1.807) is 10.7 Å². The summed E-state index contributed by atoms with van der Waals surface area (Å²) in [6.07, 6.45) is 2.49. The van der Waals surface area contributed by atoms with Crippen LogP contribution in [0.3, 0.4) is 0 Å². The maximum Gasteiger partial charge on any atom is 0.168 e. The zero-order valence-electron chi connectivity index (χ0n) is 6.69. The third-order valence-corrected chi connectivity index (χ3v) is 1.79. The van der Waals surface area contributed by atoms with E-state index in [-0.39, 0.29) is 0 Å². The molecule has 3 heteroatoms. The van der Waals surface area contributed by atoms with Gasteiger partial charge in [-0.1, -0.05) is 0 Å². The van der Waals surface area contributed by atoms with Gasteiger partial charge in [-0.15, -0.1) is 0 Å². The molecule has 12 heavy (non-hydrogen) atoms. The second-order valence-electron chi connectivity index (χ2n) is 2.74. The van der Waals surface area contributed by atoms with Crippen molar-refractivity contribution in [2.24, 2.45) is 0 Å². The van der Waals surface area contributed by atoms with Crippen LogP contribution < -0.4 is 0 Å². The summed E-state index contributed by atoms with van der Waals surface area (Å²) in [5.41, 5.74) is 2.62. The van der Waals surface area contributed by atoms with Crippen molar-refractivity contribution in [3.63, 3.8) is 0 Å². The van der Waals surface area contributed by atoms with Crippen LogP contribution in [0, 0.1) is 6.92 Å². The second kappa shape index (κ2) is 2.44. The fraction of sp³-hybridized carbons (Fsp3) is 0.111. The Kier molecular flexibility index (Phi) is 1.43. The summed E-state index contributed by atoms with van der Waals surface area (Å²) < 4.78 is 1.62. The van der Waals surface area contributed by atoms with Gasteiger partial charge >= 0.3 is 0 Å². The van der Waals surface area contributed by atoms with E-state index in [2.05, 4.69) is 5.10 Å². The molecule has 0 unspecified atom stereocenters. The molecule has 2 rings (SSSR count). The van der Waals surface area contributed by atoms with Crippen molar-refractivity contribution in [2.75, 3.05) is 0 Å². The summed E-state index contributed by atoms with van der Waals surface area (Å²) >= 11 is 0. The van der Waals surface area contributed by atoms with E-state index in [0.717, 1.165) is 17.4 Å². The van der Waals surface area contributed by atoms with Crippen molar-refractivity contribution in [1.29, 1.82) is 0 Å². The largest absolute Gasteiger partial charge is 0.296 e. The summed E-state index contributed by atoms with van der Waals surface area (Å²) in [7, 11) is 0. The smallest absolute Gasteiger partial charge is 0.168 e. The highest BCUT2D eigenvalue weighted by Gasteiger charge is 2.00. The molecule has 2 heterocycles. The van der Waals surface area contributed by atoms with Crippen molar-refractivity contribution in [3.05, 3.63) is 35.7 Å². The van der Waals surface area contributed by atoms with Crippen molar-refractivity contribution >= 4 is 11.8 Å². The van der Waals surface area contributed by atoms with Gasteiger partial charge in [-0.2, -0.15) is 5.10 Å². The second-order valence-corrected chi connectivity index (χ2v) is 2.74. The van der Waals surface area contributed by atoms with Crippen LogP contribution in [0.2, 0.25) is 0 Å². The minimum Gasteiger partial charge on any atom is -0.296 e. The first-order valence-electron chi connectivity index (χ1n) is 3.71. The molecule has 3 nitrogen and oxygen atoms in total. The van der Waals surface area contributed by atoms with Crippen molar-refractivity contribution in [1.82, 2.24) is 9.61 Å². The van der Waals surface area contributed by atoms with E-state index in [0.29, 0.717) is 5.69 Å². The summed E-state index contributed by atoms with van der Waals surface area (Å²) in [4.78, 5) is 10.6. The highest BCUT2D eigenvalue weighted by atomic mass is 16.1. The average Bonchev–Trinajstić information content (AvgIpc) is 2.50. The molecular weight excluding hydrogens is 152 g/mol. The molecule has 0 spiro atoms. The summed E-state index contributed by atoms with van der Waals surface area (Å²) in [5.74, 6) is 0. The molecular formula is C9H8N2O. The van der Waals surface area contributed by atoms with E-state index in [1.807, 2.05) is 25.1 Å². The van der Waals surface area contributed by atoms with Crippen molar-refractivity contribution in [2.45, 2.75) is 6.92 Å². The average molecular weight is 160 g/mol. The van der Waals surface area contributed by atoms with Crippen LogP contribution in [0.1, 0.15) is 16.1 Å². The van der Waals surface area contributed by atoms with Gasteiger partial charge in [0.2, 0.25) is 0 Å². The lowest BCUT2D eigenvalue weighted by Crippen LogP contribution is -1.96. The molecule has 0 amide bonds. The van der Waals surface area contributed by atoms with E-state index in [4.69, 9.17) is 0 Å². The number of nitrogens with zero attached hydrogens (tertiary/aromatic N) is 2. The Morgan fingerprint density at radius 2 is 2.33 bits per heavy atom. The number of rotatable bonds is 1. The van der Waals surface area contributed by atoms with Gasteiger partial charge in [-0.25, -0.2) is 4.52 Å². The Balaban J connectivity index is 2.88. The zero-order valence-corrected chi connectivity index (χ0v) is 6.69. The van der Waals surface area contributed by atoms with Gasteiger partial charge in [0.15, 0.2) is 6.29 Å². The molecule has 0 fully saturated rings. The first-order valence-corrected chi connectivity index (χ1v) is 3.71. The molecule has 0 radical (unpaired) electrons. The monoisotopic (exact) mass is 160 g/mol. The summed E-state index contributed by atoms with van der Waals surface area (Å²) in [6, 6.07) is 5.67. The number of aromatic nitrogens is 2. The van der Waals surface area contributed by atoms with Crippen LogP contribution in [0.4, 0.5) is 0 Å². The van der Waals surface area contributed by atoms with Crippen LogP contribution in [-0.2, 0) is 0 Å². The first-order chi connectivity index (χ1) is 5.81. The number of carbonyl (C=O) groups is 1. The number of hydrogen-bond acceptors (Lipinski definition) is 2. The van der Waals surface area contributed by atoms with Crippen LogP contribution in [0.5, 0.6) is 0 Å². The Bertz CT molecular complexity index is 431. The predicted octanol–water partition coefficient (Wildman–Crippen LogP) is 1.46. The molecule has 60 valence electrons. The number of aryl methyl sites for hydroxylation is 1. The highest BCUT2D eigenvalue weighted by molar-refractivity contribution is 5.74. The van der Waals surface area contributed by atoms with Gasteiger partial charge in [0.05, 0.1) is 11.7 Å². The third kappa shape index (κ3) is 0.906. The Labute approximate surface area is 69.6 Å². The van der Waals surface area contributed by atoms with Crippen LogP contribution in [-0.4, -0.2) is 15.9 Å². The number of fused-ring (bicyclic) bond motifs is 1. The van der Waals surface area contributed by atoms with E-state index in [9.17, 15) is 4.79 Å². The normalized spacial score (nSPS) is 10.4. The maximum absolute atomic E-state index is 10.6. The van der Waals surface area contributed by atoms with Crippen molar-refractivity contribution < 1.29 is 4.79 Å². The predicted molar refractivity (Wildman–Crippen MR) is 45.3 cm³/mol. The SMILES string of the molecule is Cc1cc(C=O)n2nccc2c1. The quantitative estimate of drug-likeness (QED) is 0.592. The number of hydrogen-bond donors (Lipinski definition) is 0. The summed E-state index contributed by atoms with van der Waals surface area (Å²) in [5, 5.41) is 4.02. The summed E-state index contributed by atoms with van der Waals surface area (Å²) in [6.45, 7) is 1.96. The van der Waals surface area contributed by atoms with E-state index in [1.165, 1.54) is 0 Å². The third-order valence-electron chi connectivity index (χ3n) is 1.79. The van der Waals surface area contributed by atoms with E-state index >= 15 is 0 Å². The molecule has 0 aliphatic heterocycles. The standard InChI is InChI=1S/C9H8N2O/c1-7-4-8-2-3-10-11(8)9(5-7)6-12/h2-6H,1H3. The fourth-order valence-corrected chi connectivity index (χ4v) is 1.29. The molecule has 2 aromatic heterocycles. The molecule has 0 aliphatic carbocycles. The lowest BCUT2D eigenvalue weighted by Gasteiger charge is -1.98. The van der Waals surface area contributed by atoms with Gasteiger partial charge in [-0.3, -0.25) is 4.79 Å². The Morgan fingerprint density at radius 3 is 3.08 bits per heavy atom. The molecule has 0 aromatic carbocycles. The topological polar surface area (TPSA) is 34.4 Å². The zero-order chi connectivity index (χ0) is 8.55. The van der Waals surface area contributed by atoms with Gasteiger partial charge in [0.1, 0.15) is 5.69 Å². The molecule has 0 atom stereocenters. The van der Waals surface area contributed by atoms with Crippen LogP contribution in [0.15, 0.2) is 24.4 Å². The molecule has 0 saturated heterocycles. The minimum absolute atomic E-state index is 0.593. The Morgan fingerprint density at radius 1 is 1.50 bits per heavy atom. The van der Waals surface area contributed by atoms with E-state index < -0.39 is 0 Å².